The van der Waals surface area contributed by atoms with Crippen LogP contribution in [0.3, 0.4) is 0 Å². The van der Waals surface area contributed by atoms with Crippen LogP contribution in [0.2, 0.25) is 0 Å². The van der Waals surface area contributed by atoms with Gasteiger partial charge in [-0.2, -0.15) is 0 Å². The Balaban J connectivity index is 2.17. The van der Waals surface area contributed by atoms with Crippen molar-refractivity contribution in [3.63, 3.8) is 0 Å². The zero-order valence-electron chi connectivity index (χ0n) is 12.4. The topological polar surface area (TPSA) is 71.3 Å². The Bertz CT molecular complexity index is 571. The molecule has 20 heavy (non-hydrogen) atoms. The number of hydrogen-bond acceptors (Lipinski definition) is 3. The van der Waals surface area contributed by atoms with Crippen LogP contribution < -0.4 is 4.72 Å². The molecule has 0 spiro atoms. The average Bonchev–Trinajstić information content (AvgIpc) is 3.15. The monoisotopic (exact) mass is 300 g/mol. The third-order valence-corrected chi connectivity index (χ3v) is 5.39. The Morgan fingerprint density at radius 1 is 1.45 bits per heavy atom. The Kier molecular flexibility index (Phi) is 4.27. The predicted molar refractivity (Wildman–Crippen MR) is 77.9 cm³/mol. The minimum atomic E-state index is -3.50. The standard InChI is InChI=1S/C14H24N2O3S/c1-4-14(2,3)10-15-20(18,19)13-7-12(9-17)16(8-13)11-5-6-11/h7-8,11,15,17H,4-6,9-10H2,1-3H3. The number of nitrogens with one attached hydrogen (secondary N) is 1. The molecule has 0 bridgehead atoms. The lowest BCUT2D eigenvalue weighted by Gasteiger charge is -2.22. The van der Waals surface area contributed by atoms with Crippen LogP contribution in [0, 0.1) is 5.41 Å². The molecular formula is C14H24N2O3S. The zero-order valence-corrected chi connectivity index (χ0v) is 13.2. The molecule has 0 saturated heterocycles. The van der Waals surface area contributed by atoms with Gasteiger partial charge in [0.1, 0.15) is 0 Å². The van der Waals surface area contributed by atoms with Gasteiger partial charge in [-0.1, -0.05) is 20.8 Å². The molecule has 0 amide bonds. The molecule has 1 heterocycles. The average molecular weight is 300 g/mol. The molecule has 1 fully saturated rings. The second kappa shape index (κ2) is 5.50. The van der Waals surface area contributed by atoms with Crippen LogP contribution in [0.5, 0.6) is 0 Å². The third-order valence-electron chi connectivity index (χ3n) is 4.02. The number of hydrogen-bond donors (Lipinski definition) is 2. The van der Waals surface area contributed by atoms with Gasteiger partial charge in [0.05, 0.1) is 11.5 Å². The van der Waals surface area contributed by atoms with Crippen LogP contribution in [-0.2, 0) is 16.6 Å². The number of rotatable bonds is 7. The molecule has 0 aliphatic heterocycles. The van der Waals surface area contributed by atoms with Crippen molar-refractivity contribution in [2.75, 3.05) is 6.54 Å². The van der Waals surface area contributed by atoms with Crippen molar-refractivity contribution in [3.05, 3.63) is 18.0 Å². The highest BCUT2D eigenvalue weighted by Crippen LogP contribution is 2.37. The molecule has 0 unspecified atom stereocenters. The predicted octanol–water partition coefficient (Wildman–Crippen LogP) is 2.03. The molecule has 5 nitrogen and oxygen atoms in total. The van der Waals surface area contributed by atoms with E-state index < -0.39 is 10.0 Å². The summed E-state index contributed by atoms with van der Waals surface area (Å²) in [5.41, 5.74) is 0.606. The van der Waals surface area contributed by atoms with E-state index in [1.54, 1.807) is 12.3 Å². The van der Waals surface area contributed by atoms with Crippen molar-refractivity contribution in [3.8, 4) is 0 Å². The summed E-state index contributed by atoms with van der Waals surface area (Å²) in [4.78, 5) is 0.250. The van der Waals surface area contributed by atoms with Crippen LogP contribution in [0.15, 0.2) is 17.2 Å². The van der Waals surface area contributed by atoms with E-state index in [0.717, 1.165) is 19.3 Å². The molecule has 0 radical (unpaired) electrons. The lowest BCUT2D eigenvalue weighted by atomic mass is 9.91. The SMILES string of the molecule is CCC(C)(C)CNS(=O)(=O)c1cc(CO)n(C2CC2)c1. The summed E-state index contributed by atoms with van der Waals surface area (Å²) in [5, 5.41) is 9.34. The summed E-state index contributed by atoms with van der Waals surface area (Å²) in [5.74, 6) is 0. The van der Waals surface area contributed by atoms with E-state index in [4.69, 9.17) is 0 Å². The maximum atomic E-state index is 12.3. The maximum Gasteiger partial charge on any atom is 0.242 e. The van der Waals surface area contributed by atoms with Crippen molar-refractivity contribution in [1.82, 2.24) is 9.29 Å². The molecule has 0 aromatic carbocycles. The Morgan fingerprint density at radius 3 is 2.60 bits per heavy atom. The summed E-state index contributed by atoms with van der Waals surface area (Å²) < 4.78 is 29.2. The molecular weight excluding hydrogens is 276 g/mol. The molecule has 2 rings (SSSR count). The Hall–Kier alpha value is -0.850. The fourth-order valence-corrected chi connectivity index (χ4v) is 3.25. The molecule has 1 aromatic heterocycles. The smallest absolute Gasteiger partial charge is 0.242 e. The van der Waals surface area contributed by atoms with Gasteiger partial charge >= 0.3 is 0 Å². The van der Waals surface area contributed by atoms with Crippen molar-refractivity contribution < 1.29 is 13.5 Å². The second-order valence-electron chi connectivity index (χ2n) is 6.31. The van der Waals surface area contributed by atoms with Gasteiger partial charge in [-0.3, -0.25) is 0 Å². The maximum absolute atomic E-state index is 12.3. The Morgan fingerprint density at radius 2 is 2.10 bits per heavy atom. The minimum absolute atomic E-state index is 0.0636. The van der Waals surface area contributed by atoms with E-state index >= 15 is 0 Å². The van der Waals surface area contributed by atoms with Crippen molar-refractivity contribution in [2.24, 2.45) is 5.41 Å². The first-order chi connectivity index (χ1) is 9.29. The molecule has 1 aliphatic carbocycles. The van der Waals surface area contributed by atoms with Gasteiger partial charge in [-0.25, -0.2) is 13.1 Å². The largest absolute Gasteiger partial charge is 0.390 e. The van der Waals surface area contributed by atoms with E-state index in [1.807, 2.05) is 25.3 Å². The highest BCUT2D eigenvalue weighted by molar-refractivity contribution is 7.89. The van der Waals surface area contributed by atoms with E-state index in [2.05, 4.69) is 4.72 Å². The molecule has 1 aliphatic rings. The van der Waals surface area contributed by atoms with E-state index in [1.165, 1.54) is 0 Å². The summed E-state index contributed by atoms with van der Waals surface area (Å²) in [6.07, 6.45) is 4.65. The first-order valence-corrected chi connectivity index (χ1v) is 8.58. The quantitative estimate of drug-likeness (QED) is 0.809. The highest BCUT2D eigenvalue weighted by atomic mass is 32.2. The Labute approximate surface area is 121 Å². The fraction of sp³-hybridized carbons (Fsp3) is 0.714. The molecule has 1 saturated carbocycles. The van der Waals surface area contributed by atoms with E-state index in [-0.39, 0.29) is 16.9 Å². The minimum Gasteiger partial charge on any atom is -0.390 e. The lowest BCUT2D eigenvalue weighted by molar-refractivity contribution is 0.270. The number of aliphatic hydroxyl groups is 1. The van der Waals surface area contributed by atoms with Crippen molar-refractivity contribution in [2.45, 2.75) is 57.6 Å². The molecule has 0 atom stereocenters. The second-order valence-corrected chi connectivity index (χ2v) is 8.07. The van der Waals surface area contributed by atoms with Gasteiger partial charge in [0, 0.05) is 24.5 Å². The van der Waals surface area contributed by atoms with Gasteiger partial charge in [0.25, 0.3) is 0 Å². The van der Waals surface area contributed by atoms with Crippen LogP contribution in [-0.4, -0.2) is 24.6 Å². The highest BCUT2D eigenvalue weighted by Gasteiger charge is 2.28. The lowest BCUT2D eigenvalue weighted by Crippen LogP contribution is -2.33. The van der Waals surface area contributed by atoms with E-state index in [0.29, 0.717) is 18.3 Å². The number of aliphatic hydroxyl groups excluding tert-OH is 1. The first-order valence-electron chi connectivity index (χ1n) is 7.10. The summed E-state index contributed by atoms with van der Waals surface area (Å²) >= 11 is 0. The third kappa shape index (κ3) is 3.42. The first kappa shape index (κ1) is 15.5. The van der Waals surface area contributed by atoms with Crippen LogP contribution >= 0.6 is 0 Å². The summed E-state index contributed by atoms with van der Waals surface area (Å²) in [6, 6.07) is 1.92. The molecule has 2 N–H and O–H groups in total. The number of sulfonamides is 1. The normalized spacial score (nSPS) is 16.6. The van der Waals surface area contributed by atoms with Gasteiger partial charge < -0.3 is 9.67 Å². The van der Waals surface area contributed by atoms with Gasteiger partial charge in [0.2, 0.25) is 10.0 Å². The molecule has 114 valence electrons. The molecule has 6 heteroatoms. The van der Waals surface area contributed by atoms with Crippen LogP contribution in [0.25, 0.3) is 0 Å². The summed E-state index contributed by atoms with van der Waals surface area (Å²) in [6.45, 7) is 6.39. The number of nitrogens with zero attached hydrogens (tertiary/aromatic N) is 1. The van der Waals surface area contributed by atoms with Gasteiger partial charge in [-0.15, -0.1) is 0 Å². The molecule has 1 aromatic rings. The van der Waals surface area contributed by atoms with E-state index in [9.17, 15) is 13.5 Å². The van der Waals surface area contributed by atoms with Crippen molar-refractivity contribution in [1.29, 1.82) is 0 Å². The fourth-order valence-electron chi connectivity index (χ4n) is 1.96. The van der Waals surface area contributed by atoms with Crippen LogP contribution in [0.1, 0.15) is 51.8 Å². The number of aromatic nitrogens is 1. The van der Waals surface area contributed by atoms with Crippen LogP contribution in [0.4, 0.5) is 0 Å². The van der Waals surface area contributed by atoms with Gasteiger partial charge in [0.15, 0.2) is 0 Å². The summed E-state index contributed by atoms with van der Waals surface area (Å²) in [7, 11) is -3.50. The zero-order chi connectivity index (χ0) is 15.0. The van der Waals surface area contributed by atoms with Gasteiger partial charge in [-0.05, 0) is 30.7 Å². The van der Waals surface area contributed by atoms with Crippen molar-refractivity contribution >= 4 is 10.0 Å².